The van der Waals surface area contributed by atoms with Crippen LogP contribution in [0.5, 0.6) is 0 Å². The minimum absolute atomic E-state index is 0.385. The fraction of sp³-hybridized carbons (Fsp3) is 0.300. The summed E-state index contributed by atoms with van der Waals surface area (Å²) in [6.45, 7) is 3.81. The molecule has 1 aromatic carbocycles. The summed E-state index contributed by atoms with van der Waals surface area (Å²) < 4.78 is 1.01. The first-order valence-corrected chi connectivity index (χ1v) is 4.58. The van der Waals surface area contributed by atoms with Gasteiger partial charge in [0.05, 0.1) is 0 Å². The van der Waals surface area contributed by atoms with Gasteiger partial charge in [-0.25, -0.2) is 0 Å². The zero-order valence-electron chi connectivity index (χ0n) is 7.17. The van der Waals surface area contributed by atoms with E-state index in [1.165, 1.54) is 0 Å². The predicted octanol–water partition coefficient (Wildman–Crippen LogP) is 2.93. The molecule has 0 spiro atoms. The van der Waals surface area contributed by atoms with Gasteiger partial charge in [0, 0.05) is 9.89 Å². The Morgan fingerprint density at radius 3 is 2.58 bits per heavy atom. The average Bonchev–Trinajstić information content (AvgIpc) is 2.05. The van der Waals surface area contributed by atoms with Gasteiger partial charge >= 0.3 is 0 Å². The molecule has 0 atom stereocenters. The lowest BCUT2D eigenvalue weighted by Gasteiger charge is -2.17. The molecule has 0 aliphatic heterocycles. The van der Waals surface area contributed by atoms with Crippen molar-refractivity contribution in [3.05, 3.63) is 34.3 Å². The minimum Gasteiger partial charge on any atom is -0.302 e. The Labute approximate surface area is 80.9 Å². The molecule has 0 aliphatic carbocycles. The maximum Gasteiger partial charge on any atom is 0.129 e. The van der Waals surface area contributed by atoms with Crippen LogP contribution in [0.2, 0.25) is 0 Å². The molecule has 0 saturated carbocycles. The SMILES string of the molecule is CC(C)(C=O)c1cccc(Br)c1. The van der Waals surface area contributed by atoms with Crippen LogP contribution >= 0.6 is 15.9 Å². The van der Waals surface area contributed by atoms with Gasteiger partial charge in [0.1, 0.15) is 6.29 Å². The van der Waals surface area contributed by atoms with E-state index in [1.54, 1.807) is 0 Å². The monoisotopic (exact) mass is 226 g/mol. The molecule has 0 amide bonds. The quantitative estimate of drug-likeness (QED) is 0.710. The summed E-state index contributed by atoms with van der Waals surface area (Å²) in [6.07, 6.45) is 0.967. The first-order valence-electron chi connectivity index (χ1n) is 3.78. The van der Waals surface area contributed by atoms with Crippen molar-refractivity contribution in [1.29, 1.82) is 0 Å². The van der Waals surface area contributed by atoms with E-state index in [2.05, 4.69) is 15.9 Å². The molecule has 0 aromatic heterocycles. The van der Waals surface area contributed by atoms with Gasteiger partial charge in [0.2, 0.25) is 0 Å². The van der Waals surface area contributed by atoms with Gasteiger partial charge in [-0.3, -0.25) is 0 Å². The van der Waals surface area contributed by atoms with E-state index >= 15 is 0 Å². The zero-order chi connectivity index (χ0) is 9.19. The van der Waals surface area contributed by atoms with E-state index in [0.29, 0.717) is 0 Å². The van der Waals surface area contributed by atoms with Crippen LogP contribution in [0.15, 0.2) is 28.7 Å². The highest BCUT2D eigenvalue weighted by Gasteiger charge is 2.18. The van der Waals surface area contributed by atoms with E-state index in [9.17, 15) is 4.79 Å². The molecule has 0 saturated heterocycles. The van der Waals surface area contributed by atoms with Crippen LogP contribution in [0.4, 0.5) is 0 Å². The van der Waals surface area contributed by atoms with E-state index in [4.69, 9.17) is 0 Å². The highest BCUT2D eigenvalue weighted by Crippen LogP contribution is 2.23. The molecule has 1 aromatic rings. The van der Waals surface area contributed by atoms with Gasteiger partial charge in [-0.05, 0) is 31.5 Å². The molecule has 0 bridgehead atoms. The summed E-state index contributed by atoms with van der Waals surface area (Å²) in [5, 5.41) is 0. The number of rotatable bonds is 2. The number of halogens is 1. The minimum atomic E-state index is -0.385. The summed E-state index contributed by atoms with van der Waals surface area (Å²) in [6, 6.07) is 7.81. The topological polar surface area (TPSA) is 17.1 Å². The lowest BCUT2D eigenvalue weighted by Crippen LogP contribution is -2.18. The number of hydrogen-bond acceptors (Lipinski definition) is 1. The first-order chi connectivity index (χ1) is 5.56. The molecule has 0 N–H and O–H groups in total. The third-order valence-corrected chi connectivity index (χ3v) is 2.36. The fourth-order valence-electron chi connectivity index (χ4n) is 0.957. The van der Waals surface area contributed by atoms with Crippen LogP contribution in [0.25, 0.3) is 0 Å². The second-order valence-electron chi connectivity index (χ2n) is 3.35. The summed E-state index contributed by atoms with van der Waals surface area (Å²) in [5.41, 5.74) is 0.649. The summed E-state index contributed by atoms with van der Waals surface area (Å²) >= 11 is 3.37. The Balaban J connectivity index is 3.11. The third kappa shape index (κ3) is 1.95. The third-order valence-electron chi connectivity index (χ3n) is 1.86. The average molecular weight is 227 g/mol. The zero-order valence-corrected chi connectivity index (χ0v) is 8.76. The second-order valence-corrected chi connectivity index (χ2v) is 4.27. The van der Waals surface area contributed by atoms with Crippen LogP contribution in [0.1, 0.15) is 19.4 Å². The lowest BCUT2D eigenvalue weighted by molar-refractivity contribution is -0.111. The molecule has 0 aliphatic rings. The number of benzene rings is 1. The Hall–Kier alpha value is -0.630. The molecule has 0 heterocycles. The van der Waals surface area contributed by atoms with Crippen molar-refractivity contribution >= 4 is 22.2 Å². The Kier molecular flexibility index (Phi) is 2.68. The Morgan fingerprint density at radius 1 is 1.42 bits per heavy atom. The van der Waals surface area contributed by atoms with Crippen LogP contribution in [0.3, 0.4) is 0 Å². The van der Waals surface area contributed by atoms with Gasteiger partial charge in [-0.2, -0.15) is 0 Å². The molecule has 2 heteroatoms. The van der Waals surface area contributed by atoms with Crippen molar-refractivity contribution in [1.82, 2.24) is 0 Å². The van der Waals surface area contributed by atoms with Gasteiger partial charge in [0.15, 0.2) is 0 Å². The van der Waals surface area contributed by atoms with Crippen LogP contribution in [0, 0.1) is 0 Å². The standard InChI is InChI=1S/C10H11BrO/c1-10(2,7-12)8-4-3-5-9(11)6-8/h3-7H,1-2H3. The van der Waals surface area contributed by atoms with Crippen LogP contribution in [-0.4, -0.2) is 6.29 Å². The molecule has 0 radical (unpaired) electrons. The molecule has 0 fully saturated rings. The largest absolute Gasteiger partial charge is 0.302 e. The normalized spacial score (nSPS) is 11.2. The lowest BCUT2D eigenvalue weighted by atomic mass is 9.87. The molecular weight excluding hydrogens is 216 g/mol. The van der Waals surface area contributed by atoms with Gasteiger partial charge in [-0.15, -0.1) is 0 Å². The molecule has 1 rings (SSSR count). The highest BCUT2D eigenvalue weighted by atomic mass is 79.9. The van der Waals surface area contributed by atoms with Crippen molar-refractivity contribution < 1.29 is 4.79 Å². The Morgan fingerprint density at radius 2 is 2.08 bits per heavy atom. The van der Waals surface area contributed by atoms with E-state index in [0.717, 1.165) is 16.3 Å². The van der Waals surface area contributed by atoms with E-state index in [-0.39, 0.29) is 5.41 Å². The molecule has 64 valence electrons. The van der Waals surface area contributed by atoms with Crippen molar-refractivity contribution in [2.24, 2.45) is 0 Å². The summed E-state index contributed by atoms with van der Waals surface area (Å²) in [4.78, 5) is 10.7. The van der Waals surface area contributed by atoms with Crippen molar-refractivity contribution in [2.75, 3.05) is 0 Å². The van der Waals surface area contributed by atoms with Gasteiger partial charge in [0.25, 0.3) is 0 Å². The number of hydrogen-bond donors (Lipinski definition) is 0. The summed E-state index contributed by atoms with van der Waals surface area (Å²) in [5.74, 6) is 0. The molecular formula is C10H11BrO. The van der Waals surface area contributed by atoms with Gasteiger partial charge in [-0.1, -0.05) is 28.1 Å². The number of carbonyl (C=O) groups excluding carboxylic acids is 1. The molecule has 0 unspecified atom stereocenters. The Bertz CT molecular complexity index is 292. The van der Waals surface area contributed by atoms with E-state index in [1.807, 2.05) is 38.1 Å². The fourth-order valence-corrected chi connectivity index (χ4v) is 1.36. The molecule has 1 nitrogen and oxygen atoms in total. The van der Waals surface area contributed by atoms with Crippen LogP contribution in [-0.2, 0) is 10.2 Å². The molecule has 12 heavy (non-hydrogen) atoms. The first kappa shape index (κ1) is 9.46. The van der Waals surface area contributed by atoms with Gasteiger partial charge < -0.3 is 4.79 Å². The maximum atomic E-state index is 10.7. The number of carbonyl (C=O) groups is 1. The predicted molar refractivity (Wildman–Crippen MR) is 53.2 cm³/mol. The van der Waals surface area contributed by atoms with Crippen molar-refractivity contribution in [3.8, 4) is 0 Å². The second kappa shape index (κ2) is 3.40. The smallest absolute Gasteiger partial charge is 0.129 e. The summed E-state index contributed by atoms with van der Waals surface area (Å²) in [7, 11) is 0. The van der Waals surface area contributed by atoms with Crippen molar-refractivity contribution in [2.45, 2.75) is 19.3 Å². The van der Waals surface area contributed by atoms with Crippen LogP contribution < -0.4 is 0 Å². The van der Waals surface area contributed by atoms with Crippen molar-refractivity contribution in [3.63, 3.8) is 0 Å². The maximum absolute atomic E-state index is 10.7. The highest BCUT2D eigenvalue weighted by molar-refractivity contribution is 9.10. The van der Waals surface area contributed by atoms with E-state index < -0.39 is 0 Å². The number of aldehydes is 1.